The highest BCUT2D eigenvalue weighted by Gasteiger charge is 2.25. The van der Waals surface area contributed by atoms with Gasteiger partial charge in [-0.3, -0.25) is 9.69 Å². The molecule has 1 amide bonds. The number of piperazine rings is 1. The first-order valence-electron chi connectivity index (χ1n) is 12.5. The number of unbranched alkanes of at least 4 members (excludes halogenated alkanes) is 1. The van der Waals surface area contributed by atoms with E-state index in [-0.39, 0.29) is 5.91 Å². The van der Waals surface area contributed by atoms with Gasteiger partial charge >= 0.3 is 0 Å². The van der Waals surface area contributed by atoms with Crippen LogP contribution in [0.4, 0.5) is 5.69 Å². The van der Waals surface area contributed by atoms with Crippen LogP contribution in [0.1, 0.15) is 68.9 Å². The second-order valence-corrected chi connectivity index (χ2v) is 9.68. The molecular weight excluding hydrogens is 384 g/mol. The number of carbonyl (C=O) groups is 1. The minimum atomic E-state index is 0.126. The van der Waals surface area contributed by atoms with Crippen molar-refractivity contribution < 1.29 is 4.79 Å². The molecule has 31 heavy (non-hydrogen) atoms. The molecule has 0 spiro atoms. The van der Waals surface area contributed by atoms with Crippen molar-refractivity contribution in [1.82, 2.24) is 10.2 Å². The zero-order valence-electron chi connectivity index (χ0n) is 19.0. The molecule has 0 bridgehead atoms. The van der Waals surface area contributed by atoms with Gasteiger partial charge in [0.05, 0.1) is 6.07 Å². The van der Waals surface area contributed by atoms with E-state index < -0.39 is 0 Å². The maximum Gasteiger partial charge on any atom is 0.220 e. The summed E-state index contributed by atoms with van der Waals surface area (Å²) in [4.78, 5) is 17.2. The van der Waals surface area contributed by atoms with Crippen LogP contribution in [-0.4, -0.2) is 49.6 Å². The first-order valence-corrected chi connectivity index (χ1v) is 12.5. The van der Waals surface area contributed by atoms with E-state index in [1.54, 1.807) is 11.1 Å². The zero-order chi connectivity index (χ0) is 21.5. The minimum Gasteiger partial charge on any atom is -0.369 e. The summed E-state index contributed by atoms with van der Waals surface area (Å²) < 4.78 is 0. The molecule has 5 heteroatoms. The van der Waals surface area contributed by atoms with E-state index in [1.165, 1.54) is 63.8 Å². The smallest absolute Gasteiger partial charge is 0.220 e. The maximum atomic E-state index is 12.0. The highest BCUT2D eigenvalue weighted by molar-refractivity contribution is 5.76. The Hall–Kier alpha value is -2.06. The molecule has 1 aromatic carbocycles. The summed E-state index contributed by atoms with van der Waals surface area (Å²) in [5.41, 5.74) is 4.70. The number of rotatable bonds is 8. The summed E-state index contributed by atoms with van der Waals surface area (Å²) in [6.07, 6.45) is 11.5. The summed E-state index contributed by atoms with van der Waals surface area (Å²) in [7, 11) is 0. The standard InChI is InChI=1S/C26H38N4O/c27-15-2-1-9-26(31)28-23-12-10-21(11-13-23)14-16-29-17-19-30(20-18-29)25-8-4-6-22-5-3-7-24(22)25/h4,6,8,21,23H,1-3,5,7,9-14,16-20H2,(H,28,31)/t21-,23-. The predicted octanol–water partition coefficient (Wildman–Crippen LogP) is 4.06. The Morgan fingerprint density at radius 2 is 1.90 bits per heavy atom. The molecule has 2 aliphatic carbocycles. The van der Waals surface area contributed by atoms with Crippen LogP contribution < -0.4 is 10.2 Å². The molecule has 2 fully saturated rings. The van der Waals surface area contributed by atoms with Crippen LogP contribution in [0.15, 0.2) is 18.2 Å². The van der Waals surface area contributed by atoms with Gasteiger partial charge in [0.2, 0.25) is 5.91 Å². The van der Waals surface area contributed by atoms with E-state index in [4.69, 9.17) is 5.26 Å². The van der Waals surface area contributed by atoms with E-state index in [2.05, 4.69) is 39.4 Å². The SMILES string of the molecule is N#CCCCC(=O)N[C@H]1CC[C@H](CCN2CCN(c3cccc4c3CCC4)CC2)CC1. The lowest BCUT2D eigenvalue weighted by Gasteiger charge is -2.38. The largest absolute Gasteiger partial charge is 0.369 e. The van der Waals surface area contributed by atoms with Gasteiger partial charge in [-0.1, -0.05) is 12.1 Å². The Morgan fingerprint density at radius 3 is 2.68 bits per heavy atom. The van der Waals surface area contributed by atoms with Crippen molar-refractivity contribution in [2.75, 3.05) is 37.6 Å². The first kappa shape index (κ1) is 22.1. The van der Waals surface area contributed by atoms with Gasteiger partial charge in [-0.15, -0.1) is 0 Å². The van der Waals surface area contributed by atoms with E-state index in [0.717, 1.165) is 31.8 Å². The molecule has 1 saturated heterocycles. The fraction of sp³-hybridized carbons (Fsp3) is 0.692. The number of nitrogens with one attached hydrogen (secondary N) is 1. The maximum absolute atomic E-state index is 12.0. The topological polar surface area (TPSA) is 59.4 Å². The van der Waals surface area contributed by atoms with E-state index in [9.17, 15) is 4.79 Å². The second kappa shape index (κ2) is 11.0. The van der Waals surface area contributed by atoms with Gasteiger partial charge in [0.1, 0.15) is 0 Å². The van der Waals surface area contributed by atoms with Crippen molar-refractivity contribution in [3.8, 4) is 6.07 Å². The molecule has 3 aliphatic rings. The molecule has 1 saturated carbocycles. The molecule has 0 radical (unpaired) electrons. The van der Waals surface area contributed by atoms with Crippen LogP contribution in [0.5, 0.6) is 0 Å². The van der Waals surface area contributed by atoms with Crippen LogP contribution in [0.25, 0.3) is 0 Å². The lowest BCUT2D eigenvalue weighted by Crippen LogP contribution is -2.47. The molecule has 1 N–H and O–H groups in total. The van der Waals surface area contributed by atoms with Crippen molar-refractivity contribution in [2.24, 2.45) is 5.92 Å². The molecule has 5 nitrogen and oxygen atoms in total. The third-order valence-corrected chi connectivity index (χ3v) is 7.59. The Bertz CT molecular complexity index is 770. The number of aryl methyl sites for hydroxylation is 1. The van der Waals surface area contributed by atoms with Crippen molar-refractivity contribution in [3.63, 3.8) is 0 Å². The molecule has 168 valence electrons. The summed E-state index contributed by atoms with van der Waals surface area (Å²) in [6, 6.07) is 9.35. The van der Waals surface area contributed by atoms with Crippen molar-refractivity contribution in [1.29, 1.82) is 5.26 Å². The number of anilines is 1. The van der Waals surface area contributed by atoms with Gasteiger partial charge in [-0.2, -0.15) is 5.26 Å². The van der Waals surface area contributed by atoms with Crippen LogP contribution in [0, 0.1) is 17.2 Å². The van der Waals surface area contributed by atoms with Crippen LogP contribution in [-0.2, 0) is 17.6 Å². The van der Waals surface area contributed by atoms with Gasteiger partial charge in [0.25, 0.3) is 0 Å². The molecule has 1 aromatic rings. The highest BCUT2D eigenvalue weighted by Crippen LogP contribution is 2.32. The highest BCUT2D eigenvalue weighted by atomic mass is 16.1. The molecule has 0 aromatic heterocycles. The van der Waals surface area contributed by atoms with Crippen molar-refractivity contribution >= 4 is 11.6 Å². The third kappa shape index (κ3) is 6.01. The minimum absolute atomic E-state index is 0.126. The monoisotopic (exact) mass is 422 g/mol. The average molecular weight is 423 g/mol. The van der Waals surface area contributed by atoms with Crippen LogP contribution in [0.2, 0.25) is 0 Å². The Morgan fingerprint density at radius 1 is 1.10 bits per heavy atom. The van der Waals surface area contributed by atoms with Gasteiger partial charge in [0, 0.05) is 50.7 Å². The first-order chi connectivity index (χ1) is 15.2. The second-order valence-electron chi connectivity index (χ2n) is 9.68. The number of hydrogen-bond donors (Lipinski definition) is 1. The van der Waals surface area contributed by atoms with E-state index in [1.807, 2.05) is 0 Å². The van der Waals surface area contributed by atoms with Gasteiger partial charge in [-0.25, -0.2) is 0 Å². The fourth-order valence-corrected chi connectivity index (χ4v) is 5.70. The van der Waals surface area contributed by atoms with Gasteiger partial charge in [-0.05, 0) is 87.4 Å². The number of nitriles is 1. The van der Waals surface area contributed by atoms with Crippen molar-refractivity contribution in [3.05, 3.63) is 29.3 Å². The van der Waals surface area contributed by atoms with Gasteiger partial charge < -0.3 is 10.2 Å². The number of carbonyl (C=O) groups excluding carboxylic acids is 1. The molecule has 0 atom stereocenters. The predicted molar refractivity (Wildman–Crippen MR) is 125 cm³/mol. The van der Waals surface area contributed by atoms with Crippen LogP contribution >= 0.6 is 0 Å². The number of hydrogen-bond acceptors (Lipinski definition) is 4. The average Bonchev–Trinajstić information content (AvgIpc) is 3.28. The normalized spacial score (nSPS) is 23.9. The lowest BCUT2D eigenvalue weighted by atomic mass is 9.84. The molecule has 1 heterocycles. The summed E-state index contributed by atoms with van der Waals surface area (Å²) in [5, 5.41) is 11.8. The molecule has 4 rings (SSSR count). The fourth-order valence-electron chi connectivity index (χ4n) is 5.70. The number of amides is 1. The third-order valence-electron chi connectivity index (χ3n) is 7.59. The molecule has 0 unspecified atom stereocenters. The summed E-state index contributed by atoms with van der Waals surface area (Å²) in [5.74, 6) is 0.933. The molecule has 1 aliphatic heterocycles. The lowest BCUT2D eigenvalue weighted by molar-refractivity contribution is -0.122. The Balaban J connectivity index is 1.13. The van der Waals surface area contributed by atoms with E-state index >= 15 is 0 Å². The summed E-state index contributed by atoms with van der Waals surface area (Å²) in [6.45, 7) is 5.88. The van der Waals surface area contributed by atoms with E-state index in [0.29, 0.717) is 25.3 Å². The number of nitrogens with zero attached hydrogens (tertiary/aromatic N) is 3. The Kier molecular flexibility index (Phi) is 7.86. The quantitative estimate of drug-likeness (QED) is 0.642. The van der Waals surface area contributed by atoms with Gasteiger partial charge in [0.15, 0.2) is 0 Å². The summed E-state index contributed by atoms with van der Waals surface area (Å²) >= 11 is 0. The zero-order valence-corrected chi connectivity index (χ0v) is 19.0. The van der Waals surface area contributed by atoms with Crippen molar-refractivity contribution in [2.45, 2.75) is 76.7 Å². The number of benzene rings is 1. The Labute approximate surface area is 187 Å². The number of fused-ring (bicyclic) bond motifs is 1. The molecular formula is C26H38N4O. The van der Waals surface area contributed by atoms with Crippen LogP contribution in [0.3, 0.4) is 0 Å².